The van der Waals surface area contributed by atoms with Crippen molar-refractivity contribution in [2.24, 2.45) is 5.11 Å². The molecule has 0 saturated carbocycles. The molecule has 1 aliphatic rings. The van der Waals surface area contributed by atoms with E-state index in [9.17, 15) is 13.6 Å². The summed E-state index contributed by atoms with van der Waals surface area (Å²) < 4.78 is 27.6. The van der Waals surface area contributed by atoms with Gasteiger partial charge in [-0.25, -0.2) is 8.78 Å². The molecule has 6 nitrogen and oxygen atoms in total. The maximum Gasteiger partial charge on any atom is 0.257 e. The van der Waals surface area contributed by atoms with Gasteiger partial charge in [0, 0.05) is 36.2 Å². The second-order valence-corrected chi connectivity index (χ2v) is 4.44. The molecule has 0 aromatic carbocycles. The number of pyridine rings is 1. The predicted molar refractivity (Wildman–Crippen MR) is 72.3 cm³/mol. The largest absolute Gasteiger partial charge is 0.329 e. The van der Waals surface area contributed by atoms with Gasteiger partial charge in [0.2, 0.25) is 0 Å². The average molecular weight is 306 g/mol. The summed E-state index contributed by atoms with van der Waals surface area (Å²) in [5.74, 6) is -3.79. The van der Waals surface area contributed by atoms with Gasteiger partial charge in [-0.3, -0.25) is 4.79 Å². The van der Waals surface area contributed by atoms with Crippen LogP contribution in [0.1, 0.15) is 23.5 Å². The van der Waals surface area contributed by atoms with Crippen molar-refractivity contribution in [1.29, 1.82) is 0 Å². The summed E-state index contributed by atoms with van der Waals surface area (Å²) in [5.41, 5.74) is 8.35. The monoisotopic (exact) mass is 305 g/mol. The van der Waals surface area contributed by atoms with Crippen molar-refractivity contribution in [3.63, 3.8) is 0 Å². The molecule has 0 aliphatic carbocycles. The van der Waals surface area contributed by atoms with Crippen LogP contribution in [0.15, 0.2) is 22.2 Å². The Morgan fingerprint density at radius 1 is 1.55 bits per heavy atom. The Balaban J connectivity index is 0.00000200. The Morgan fingerprint density at radius 2 is 2.30 bits per heavy atom. The zero-order valence-electron chi connectivity index (χ0n) is 10.5. The molecule has 1 fully saturated rings. The normalized spacial score (nSPS) is 20.6. The average Bonchev–Trinajstić information content (AvgIpc) is 2.38. The van der Waals surface area contributed by atoms with Crippen molar-refractivity contribution in [3.05, 3.63) is 44.2 Å². The number of azide groups is 1. The molecule has 1 unspecified atom stereocenters. The third kappa shape index (κ3) is 3.47. The van der Waals surface area contributed by atoms with Gasteiger partial charge < -0.3 is 10.3 Å². The molecule has 0 radical (unpaired) electrons. The number of halogens is 3. The topological polar surface area (TPSA) is 93.7 Å². The lowest BCUT2D eigenvalue weighted by molar-refractivity contribution is -0.0480. The SMILES string of the molecule is Cl.[N-]=[N+]=NCc1cc(C2CNCCC2(F)F)c[nH]c1=O. The van der Waals surface area contributed by atoms with Crippen LogP contribution in [-0.4, -0.2) is 24.0 Å². The molecular formula is C11H14ClF2N5O. The van der Waals surface area contributed by atoms with Gasteiger partial charge in [-0.15, -0.1) is 12.4 Å². The Morgan fingerprint density at radius 3 is 2.95 bits per heavy atom. The van der Waals surface area contributed by atoms with Crippen LogP contribution in [-0.2, 0) is 6.54 Å². The molecule has 0 spiro atoms. The molecule has 1 aromatic rings. The number of hydrogen-bond donors (Lipinski definition) is 2. The third-order valence-electron chi connectivity index (χ3n) is 3.20. The van der Waals surface area contributed by atoms with Crippen molar-refractivity contribution < 1.29 is 8.78 Å². The lowest BCUT2D eigenvalue weighted by atomic mass is 9.88. The van der Waals surface area contributed by atoms with E-state index in [2.05, 4.69) is 20.3 Å². The molecule has 1 saturated heterocycles. The maximum absolute atomic E-state index is 13.8. The van der Waals surface area contributed by atoms with Gasteiger partial charge in [0.05, 0.1) is 12.5 Å². The van der Waals surface area contributed by atoms with Gasteiger partial charge in [-0.2, -0.15) is 0 Å². The van der Waals surface area contributed by atoms with Gasteiger partial charge in [-0.05, 0) is 17.2 Å². The van der Waals surface area contributed by atoms with Crippen molar-refractivity contribution >= 4 is 12.4 Å². The third-order valence-corrected chi connectivity index (χ3v) is 3.20. The summed E-state index contributed by atoms with van der Waals surface area (Å²) in [6, 6.07) is 1.39. The minimum absolute atomic E-state index is 0. The zero-order valence-corrected chi connectivity index (χ0v) is 11.3. The summed E-state index contributed by atoms with van der Waals surface area (Å²) in [7, 11) is 0. The second-order valence-electron chi connectivity index (χ2n) is 4.44. The van der Waals surface area contributed by atoms with Crippen molar-refractivity contribution in [2.75, 3.05) is 13.1 Å². The fourth-order valence-corrected chi connectivity index (χ4v) is 2.16. The lowest BCUT2D eigenvalue weighted by Crippen LogP contribution is -2.43. The van der Waals surface area contributed by atoms with E-state index < -0.39 is 17.4 Å². The van der Waals surface area contributed by atoms with Crippen LogP contribution < -0.4 is 10.9 Å². The number of rotatable bonds is 3. The lowest BCUT2D eigenvalue weighted by Gasteiger charge is -2.32. The first-order chi connectivity index (χ1) is 9.04. The fraction of sp³-hybridized carbons (Fsp3) is 0.545. The Bertz CT molecular complexity index is 570. The van der Waals surface area contributed by atoms with Crippen molar-refractivity contribution in [3.8, 4) is 0 Å². The van der Waals surface area contributed by atoms with E-state index in [0.29, 0.717) is 5.56 Å². The first kappa shape index (κ1) is 16.4. The van der Waals surface area contributed by atoms with Gasteiger partial charge in [-0.1, -0.05) is 5.11 Å². The van der Waals surface area contributed by atoms with Gasteiger partial charge >= 0.3 is 0 Å². The minimum Gasteiger partial charge on any atom is -0.329 e. The Labute approximate surface area is 119 Å². The minimum atomic E-state index is -2.81. The van der Waals surface area contributed by atoms with E-state index in [0.717, 1.165) is 0 Å². The van der Waals surface area contributed by atoms with Gasteiger partial charge in [0.15, 0.2) is 0 Å². The molecule has 20 heavy (non-hydrogen) atoms. The molecular weight excluding hydrogens is 292 g/mol. The standard InChI is InChI=1S/C11H13F2N5O.ClH/c12-11(13)1-2-15-6-9(11)7-3-8(5-17-18-14)10(19)16-4-7;/h3-4,9,15H,1-2,5-6H2,(H,16,19);1H. The van der Waals surface area contributed by atoms with Crippen LogP contribution in [0.4, 0.5) is 8.78 Å². The van der Waals surface area contributed by atoms with E-state index in [-0.39, 0.29) is 44.0 Å². The molecule has 2 N–H and O–H groups in total. The molecule has 1 atom stereocenters. The van der Waals surface area contributed by atoms with Crippen LogP contribution in [0.5, 0.6) is 0 Å². The number of nitrogens with zero attached hydrogens (tertiary/aromatic N) is 3. The van der Waals surface area contributed by atoms with Gasteiger partial charge in [0.1, 0.15) is 0 Å². The summed E-state index contributed by atoms with van der Waals surface area (Å²) in [6.45, 7) is 0.282. The summed E-state index contributed by atoms with van der Waals surface area (Å²) in [4.78, 5) is 16.4. The first-order valence-electron chi connectivity index (χ1n) is 5.85. The van der Waals surface area contributed by atoms with E-state index in [1.54, 1.807) is 0 Å². The highest BCUT2D eigenvalue weighted by molar-refractivity contribution is 5.85. The number of aromatic nitrogens is 1. The highest BCUT2D eigenvalue weighted by atomic mass is 35.5. The number of nitrogens with one attached hydrogen (secondary N) is 2. The van der Waals surface area contributed by atoms with E-state index in [1.165, 1.54) is 12.3 Å². The number of piperidine rings is 1. The quantitative estimate of drug-likeness (QED) is 0.509. The molecule has 2 heterocycles. The highest BCUT2D eigenvalue weighted by Crippen LogP contribution is 2.37. The Hall–Kier alpha value is -1.63. The van der Waals surface area contributed by atoms with E-state index in [4.69, 9.17) is 5.53 Å². The van der Waals surface area contributed by atoms with Crippen LogP contribution in [0.25, 0.3) is 10.4 Å². The van der Waals surface area contributed by atoms with Crippen molar-refractivity contribution in [2.45, 2.75) is 24.8 Å². The summed E-state index contributed by atoms with van der Waals surface area (Å²) in [5, 5.41) is 6.20. The number of alkyl halides is 2. The summed E-state index contributed by atoms with van der Waals surface area (Å²) >= 11 is 0. The van der Waals surface area contributed by atoms with E-state index in [1.807, 2.05) is 0 Å². The molecule has 2 rings (SSSR count). The molecule has 110 valence electrons. The molecule has 9 heteroatoms. The van der Waals surface area contributed by atoms with Gasteiger partial charge in [0.25, 0.3) is 11.5 Å². The zero-order chi connectivity index (χ0) is 13.9. The predicted octanol–water partition coefficient (Wildman–Crippen LogP) is 2.32. The number of H-pyrrole nitrogens is 1. The van der Waals surface area contributed by atoms with Crippen LogP contribution in [0, 0.1) is 0 Å². The van der Waals surface area contributed by atoms with E-state index >= 15 is 0 Å². The number of hydrogen-bond acceptors (Lipinski definition) is 3. The van der Waals surface area contributed by atoms with Crippen molar-refractivity contribution in [1.82, 2.24) is 10.3 Å². The highest BCUT2D eigenvalue weighted by Gasteiger charge is 2.42. The maximum atomic E-state index is 13.8. The number of aromatic amines is 1. The second kappa shape index (κ2) is 6.69. The smallest absolute Gasteiger partial charge is 0.257 e. The molecule has 0 bridgehead atoms. The molecule has 1 aromatic heterocycles. The first-order valence-corrected chi connectivity index (χ1v) is 5.85. The fourth-order valence-electron chi connectivity index (χ4n) is 2.16. The summed E-state index contributed by atoms with van der Waals surface area (Å²) in [6.07, 6.45) is 1.07. The van der Waals surface area contributed by atoms with Crippen LogP contribution in [0.3, 0.4) is 0 Å². The molecule has 1 aliphatic heterocycles. The van der Waals surface area contributed by atoms with Crippen LogP contribution in [0.2, 0.25) is 0 Å². The molecule has 0 amide bonds. The van der Waals surface area contributed by atoms with Crippen LogP contribution >= 0.6 is 12.4 Å². The Kier molecular flexibility index (Phi) is 5.50.